The molecule has 0 atom stereocenters. The van der Waals surface area contributed by atoms with E-state index in [0.29, 0.717) is 5.41 Å². The minimum absolute atomic E-state index is 0.166. The molecule has 2 fully saturated rings. The molecule has 2 aliphatic rings. The topological polar surface area (TPSA) is 20.3 Å². The van der Waals surface area contributed by atoms with E-state index in [1.54, 1.807) is 0 Å². The van der Waals surface area contributed by atoms with Crippen LogP contribution < -0.4 is 0 Å². The van der Waals surface area contributed by atoms with E-state index in [0.717, 1.165) is 12.8 Å². The highest BCUT2D eigenvalue weighted by Gasteiger charge is 2.37. The third-order valence-electron chi connectivity index (χ3n) is 4.53. The van der Waals surface area contributed by atoms with Crippen molar-refractivity contribution < 1.29 is 4.79 Å². The summed E-state index contributed by atoms with van der Waals surface area (Å²) in [6.45, 7) is 7.43. The van der Waals surface area contributed by atoms with Crippen LogP contribution in [0.4, 0.5) is 0 Å². The molecule has 0 N–H and O–H groups in total. The number of nitrogens with zero attached hydrogens (tertiary/aromatic N) is 1. The van der Waals surface area contributed by atoms with Crippen LogP contribution in [0.1, 0.15) is 52.4 Å². The minimum atomic E-state index is -0.166. The predicted molar refractivity (Wildman–Crippen MR) is 66.4 cm³/mol. The van der Waals surface area contributed by atoms with Gasteiger partial charge in [0.15, 0.2) is 0 Å². The predicted octanol–water partition coefficient (Wildman–Crippen LogP) is 2.87. The van der Waals surface area contributed by atoms with Gasteiger partial charge in [0.2, 0.25) is 0 Å². The summed E-state index contributed by atoms with van der Waals surface area (Å²) >= 11 is 0. The summed E-state index contributed by atoms with van der Waals surface area (Å²) in [5.41, 5.74) is 0.530. The maximum absolute atomic E-state index is 10.9. The molecule has 2 nitrogen and oxygen atoms in total. The molecular weight excluding hydrogens is 198 g/mol. The number of likely N-dealkylation sites (tertiary alicyclic amines) is 1. The third-order valence-corrected chi connectivity index (χ3v) is 4.53. The molecule has 92 valence electrons. The molecule has 2 heteroatoms. The highest BCUT2D eigenvalue weighted by atomic mass is 16.1. The van der Waals surface area contributed by atoms with Crippen LogP contribution in [0.3, 0.4) is 0 Å². The molecule has 1 heterocycles. The fraction of sp³-hybridized carbons (Fsp3) is 0.929. The van der Waals surface area contributed by atoms with Gasteiger partial charge in [-0.2, -0.15) is 0 Å². The van der Waals surface area contributed by atoms with Crippen molar-refractivity contribution in [2.45, 2.75) is 52.4 Å². The van der Waals surface area contributed by atoms with Gasteiger partial charge in [0, 0.05) is 12.0 Å². The maximum atomic E-state index is 10.9. The molecule has 1 saturated carbocycles. The first-order valence-corrected chi connectivity index (χ1v) is 6.74. The lowest BCUT2D eigenvalue weighted by Crippen LogP contribution is -2.43. The second-order valence-electron chi connectivity index (χ2n) is 6.59. The van der Waals surface area contributed by atoms with Crippen LogP contribution >= 0.6 is 0 Å². The van der Waals surface area contributed by atoms with Crippen LogP contribution in [0, 0.1) is 10.8 Å². The highest BCUT2D eigenvalue weighted by Crippen LogP contribution is 2.46. The zero-order valence-corrected chi connectivity index (χ0v) is 10.8. The highest BCUT2D eigenvalue weighted by molar-refractivity contribution is 5.58. The lowest BCUT2D eigenvalue weighted by atomic mass is 9.76. The SMILES string of the molecule is CC(C)(C=O)CN1CCC2(CCCC2)CC1. The van der Waals surface area contributed by atoms with E-state index in [9.17, 15) is 4.79 Å². The Hall–Kier alpha value is -0.370. The summed E-state index contributed by atoms with van der Waals surface area (Å²) in [7, 11) is 0. The minimum Gasteiger partial charge on any atom is -0.303 e. The van der Waals surface area contributed by atoms with Crippen LogP contribution in [0.2, 0.25) is 0 Å². The number of aldehydes is 1. The zero-order valence-electron chi connectivity index (χ0n) is 10.8. The molecule has 0 radical (unpaired) electrons. The maximum Gasteiger partial charge on any atom is 0.126 e. The normalized spacial score (nSPS) is 26.1. The Morgan fingerprint density at radius 1 is 1.12 bits per heavy atom. The molecule has 0 amide bonds. The molecule has 0 unspecified atom stereocenters. The first kappa shape index (κ1) is 12.1. The molecule has 16 heavy (non-hydrogen) atoms. The zero-order chi connectivity index (χ0) is 11.6. The van der Waals surface area contributed by atoms with Crippen molar-refractivity contribution in [1.29, 1.82) is 0 Å². The van der Waals surface area contributed by atoms with E-state index in [4.69, 9.17) is 0 Å². The quantitative estimate of drug-likeness (QED) is 0.686. The van der Waals surface area contributed by atoms with Crippen LogP contribution in [-0.2, 0) is 4.79 Å². The fourth-order valence-electron chi connectivity index (χ4n) is 3.42. The Morgan fingerprint density at radius 2 is 1.69 bits per heavy atom. The molecule has 1 spiro atoms. The van der Waals surface area contributed by atoms with Crippen LogP contribution in [0.15, 0.2) is 0 Å². The van der Waals surface area contributed by atoms with Crippen molar-refractivity contribution in [2.75, 3.05) is 19.6 Å². The van der Waals surface area contributed by atoms with E-state index in [1.165, 1.54) is 51.6 Å². The van der Waals surface area contributed by atoms with Gasteiger partial charge in [-0.25, -0.2) is 0 Å². The van der Waals surface area contributed by atoms with E-state index in [2.05, 4.69) is 4.90 Å². The molecular formula is C14H25NO. The lowest BCUT2D eigenvalue weighted by Gasteiger charge is -2.41. The van der Waals surface area contributed by atoms with Crippen molar-refractivity contribution >= 4 is 6.29 Å². The second kappa shape index (κ2) is 4.48. The smallest absolute Gasteiger partial charge is 0.126 e. The molecule has 1 saturated heterocycles. The van der Waals surface area contributed by atoms with E-state index in [1.807, 2.05) is 13.8 Å². The van der Waals surface area contributed by atoms with Gasteiger partial charge in [0.05, 0.1) is 0 Å². The van der Waals surface area contributed by atoms with E-state index >= 15 is 0 Å². The van der Waals surface area contributed by atoms with Gasteiger partial charge in [-0.3, -0.25) is 0 Å². The van der Waals surface area contributed by atoms with Gasteiger partial charge in [-0.05, 0) is 44.2 Å². The summed E-state index contributed by atoms with van der Waals surface area (Å²) in [6.07, 6.45) is 9.63. The Labute approximate surface area is 99.4 Å². The van der Waals surface area contributed by atoms with E-state index in [-0.39, 0.29) is 5.41 Å². The van der Waals surface area contributed by atoms with Crippen molar-refractivity contribution in [2.24, 2.45) is 10.8 Å². The fourth-order valence-corrected chi connectivity index (χ4v) is 3.42. The average molecular weight is 223 g/mol. The summed E-state index contributed by atoms with van der Waals surface area (Å²) in [5, 5.41) is 0. The standard InChI is InChI=1S/C14H25NO/c1-13(2,12-16)11-15-9-7-14(8-10-15)5-3-4-6-14/h12H,3-11H2,1-2H3. The Bertz CT molecular complexity index is 243. The van der Waals surface area contributed by atoms with Gasteiger partial charge in [0.1, 0.15) is 6.29 Å². The van der Waals surface area contributed by atoms with Crippen LogP contribution in [0.25, 0.3) is 0 Å². The Kier molecular flexibility index (Phi) is 3.39. The lowest BCUT2D eigenvalue weighted by molar-refractivity contribution is -0.115. The summed E-state index contributed by atoms with van der Waals surface area (Å²) in [5.74, 6) is 0. The molecule has 2 rings (SSSR count). The van der Waals surface area contributed by atoms with Crippen molar-refractivity contribution in [1.82, 2.24) is 4.90 Å². The molecule has 0 aromatic carbocycles. The molecule has 0 aromatic heterocycles. The van der Waals surface area contributed by atoms with Gasteiger partial charge < -0.3 is 9.69 Å². The van der Waals surface area contributed by atoms with Gasteiger partial charge in [-0.15, -0.1) is 0 Å². The van der Waals surface area contributed by atoms with Gasteiger partial charge in [-0.1, -0.05) is 26.7 Å². The van der Waals surface area contributed by atoms with E-state index < -0.39 is 0 Å². The Morgan fingerprint density at radius 3 is 2.19 bits per heavy atom. The molecule has 1 aliphatic heterocycles. The van der Waals surface area contributed by atoms with Gasteiger partial charge in [0.25, 0.3) is 0 Å². The third kappa shape index (κ3) is 2.65. The molecule has 0 bridgehead atoms. The van der Waals surface area contributed by atoms with Crippen molar-refractivity contribution in [3.8, 4) is 0 Å². The first-order chi connectivity index (χ1) is 7.55. The number of rotatable bonds is 3. The van der Waals surface area contributed by atoms with Gasteiger partial charge >= 0.3 is 0 Å². The number of piperidine rings is 1. The Balaban J connectivity index is 1.83. The van der Waals surface area contributed by atoms with Crippen molar-refractivity contribution in [3.05, 3.63) is 0 Å². The summed E-state index contributed by atoms with van der Waals surface area (Å²) in [4.78, 5) is 13.4. The summed E-state index contributed by atoms with van der Waals surface area (Å²) < 4.78 is 0. The van der Waals surface area contributed by atoms with Crippen molar-refractivity contribution in [3.63, 3.8) is 0 Å². The molecule has 1 aliphatic carbocycles. The average Bonchev–Trinajstić information content (AvgIpc) is 2.71. The number of carbonyl (C=O) groups is 1. The number of hydrogen-bond donors (Lipinski definition) is 0. The summed E-state index contributed by atoms with van der Waals surface area (Å²) in [6, 6.07) is 0. The van der Waals surface area contributed by atoms with Crippen LogP contribution in [0.5, 0.6) is 0 Å². The monoisotopic (exact) mass is 223 g/mol. The molecule has 0 aromatic rings. The first-order valence-electron chi connectivity index (χ1n) is 6.74. The van der Waals surface area contributed by atoms with Crippen LogP contribution in [-0.4, -0.2) is 30.8 Å². The number of hydrogen-bond acceptors (Lipinski definition) is 2. The second-order valence-corrected chi connectivity index (χ2v) is 6.59. The largest absolute Gasteiger partial charge is 0.303 e. The number of carbonyl (C=O) groups excluding carboxylic acids is 1.